The molecule has 0 radical (unpaired) electrons. The summed E-state index contributed by atoms with van der Waals surface area (Å²) in [5.74, 6) is -3.78. The van der Waals surface area contributed by atoms with E-state index < -0.39 is 23.5 Å². The summed E-state index contributed by atoms with van der Waals surface area (Å²) in [6.45, 7) is -0.325. The molecule has 144 valence electrons. The van der Waals surface area contributed by atoms with Crippen LogP contribution < -0.4 is 5.48 Å². The average molecular weight is 389 g/mol. The maximum Gasteiger partial charge on any atom is 0.335 e. The molecule has 0 unspecified atom stereocenters. The van der Waals surface area contributed by atoms with Crippen molar-refractivity contribution in [2.24, 2.45) is 0 Å². The van der Waals surface area contributed by atoms with E-state index in [9.17, 15) is 18.4 Å². The lowest BCUT2D eigenvalue weighted by Gasteiger charge is -2.09. The van der Waals surface area contributed by atoms with E-state index >= 15 is 0 Å². The highest BCUT2D eigenvalue weighted by atomic mass is 19.1. The molecule has 1 aromatic heterocycles. The molecule has 0 aliphatic rings. The number of benzene rings is 2. The molecule has 0 saturated heterocycles. The van der Waals surface area contributed by atoms with Crippen molar-refractivity contribution >= 4 is 11.9 Å². The summed E-state index contributed by atoms with van der Waals surface area (Å²) < 4.78 is 29.7. The fraction of sp³-hybridized carbons (Fsp3) is 0.118. The van der Waals surface area contributed by atoms with E-state index in [1.807, 2.05) is 0 Å². The third-order valence-corrected chi connectivity index (χ3v) is 3.98. The number of tetrazole rings is 1. The summed E-state index contributed by atoms with van der Waals surface area (Å²) in [6.07, 6.45) is 0.209. The summed E-state index contributed by atoms with van der Waals surface area (Å²) in [7, 11) is 0. The summed E-state index contributed by atoms with van der Waals surface area (Å²) in [5, 5.41) is 28.5. The highest BCUT2D eigenvalue weighted by Gasteiger charge is 2.18. The Morgan fingerprint density at radius 1 is 1.07 bits per heavy atom. The predicted molar refractivity (Wildman–Crippen MR) is 88.7 cm³/mol. The van der Waals surface area contributed by atoms with Crippen LogP contribution in [0, 0.1) is 11.6 Å². The Hall–Kier alpha value is -3.73. The third kappa shape index (κ3) is 3.99. The monoisotopic (exact) mass is 389 g/mol. The Morgan fingerprint density at radius 2 is 1.71 bits per heavy atom. The van der Waals surface area contributed by atoms with Gasteiger partial charge in [0.05, 0.1) is 12.1 Å². The number of rotatable bonds is 6. The van der Waals surface area contributed by atoms with Gasteiger partial charge in [0.15, 0.2) is 5.82 Å². The fourth-order valence-electron chi connectivity index (χ4n) is 2.52. The Labute approximate surface area is 156 Å². The number of carboxylic acid groups (broad SMARTS) is 1. The van der Waals surface area contributed by atoms with Gasteiger partial charge in [0.2, 0.25) is 0 Å². The van der Waals surface area contributed by atoms with E-state index in [1.165, 1.54) is 22.3 Å². The molecule has 1 amide bonds. The smallest absolute Gasteiger partial charge is 0.335 e. The van der Waals surface area contributed by atoms with Crippen LogP contribution >= 0.6 is 0 Å². The van der Waals surface area contributed by atoms with Gasteiger partial charge in [-0.05, 0) is 40.3 Å². The normalized spacial score (nSPS) is 10.7. The standard InChI is InChI=1S/C17H13F2N5O4/c18-13-6-11(16(25)21-28)7-14(19)12(13)8-24-15(20-22-23-24)5-9-1-3-10(4-2-9)17(26)27/h1-4,6-7,28H,5,8H2,(H,21,25)(H,26,27). The first kappa shape index (κ1) is 19.0. The number of carbonyl (C=O) groups is 2. The lowest BCUT2D eigenvalue weighted by atomic mass is 10.1. The second-order valence-electron chi connectivity index (χ2n) is 5.79. The molecule has 2 aromatic carbocycles. The lowest BCUT2D eigenvalue weighted by molar-refractivity contribution is 0.0693. The molecular weight excluding hydrogens is 376 g/mol. The van der Waals surface area contributed by atoms with Crippen LogP contribution in [0.5, 0.6) is 0 Å². The van der Waals surface area contributed by atoms with E-state index in [4.69, 9.17) is 10.3 Å². The molecule has 0 saturated carbocycles. The zero-order valence-corrected chi connectivity index (χ0v) is 14.1. The Kier molecular flexibility index (Phi) is 5.36. The summed E-state index contributed by atoms with van der Waals surface area (Å²) in [4.78, 5) is 22.2. The zero-order valence-electron chi connectivity index (χ0n) is 14.1. The molecule has 28 heavy (non-hydrogen) atoms. The maximum atomic E-state index is 14.2. The van der Waals surface area contributed by atoms with E-state index in [0.717, 1.165) is 12.1 Å². The highest BCUT2D eigenvalue weighted by molar-refractivity contribution is 5.93. The molecule has 0 bridgehead atoms. The second-order valence-corrected chi connectivity index (χ2v) is 5.79. The van der Waals surface area contributed by atoms with Crippen molar-refractivity contribution in [3.8, 4) is 0 Å². The minimum atomic E-state index is -1.05. The SMILES string of the molecule is O=C(O)c1ccc(Cc2nnnn2Cc2c(F)cc(C(=O)NO)cc2F)cc1. The molecule has 0 aliphatic carbocycles. The van der Waals surface area contributed by atoms with E-state index in [-0.39, 0.29) is 29.7 Å². The quantitative estimate of drug-likeness (QED) is 0.429. The van der Waals surface area contributed by atoms with Gasteiger partial charge in [-0.25, -0.2) is 23.7 Å². The Balaban J connectivity index is 1.83. The number of hydroxylamine groups is 1. The van der Waals surface area contributed by atoms with Crippen molar-refractivity contribution in [3.63, 3.8) is 0 Å². The molecule has 1 heterocycles. The average Bonchev–Trinajstić information content (AvgIpc) is 3.11. The van der Waals surface area contributed by atoms with Crippen molar-refractivity contribution in [3.05, 3.63) is 76.1 Å². The minimum absolute atomic E-state index is 0.125. The molecule has 3 aromatic rings. The number of aromatic carboxylic acids is 1. The number of nitrogens with zero attached hydrogens (tertiary/aromatic N) is 4. The molecule has 0 spiro atoms. The van der Waals surface area contributed by atoms with Gasteiger partial charge in [-0.2, -0.15) is 0 Å². The summed E-state index contributed by atoms with van der Waals surface area (Å²) in [6, 6.07) is 7.61. The third-order valence-electron chi connectivity index (χ3n) is 3.98. The van der Waals surface area contributed by atoms with Crippen LogP contribution in [0.2, 0.25) is 0 Å². The fourth-order valence-corrected chi connectivity index (χ4v) is 2.52. The maximum absolute atomic E-state index is 14.2. The van der Waals surface area contributed by atoms with E-state index in [1.54, 1.807) is 12.1 Å². The van der Waals surface area contributed by atoms with Crippen LogP contribution in [-0.4, -0.2) is 42.4 Å². The summed E-state index contributed by atoms with van der Waals surface area (Å²) >= 11 is 0. The Bertz CT molecular complexity index is 1010. The topological polar surface area (TPSA) is 130 Å². The first-order chi connectivity index (χ1) is 13.4. The molecular formula is C17H13F2N5O4. The van der Waals surface area contributed by atoms with Crippen molar-refractivity contribution in [2.75, 3.05) is 0 Å². The van der Waals surface area contributed by atoms with Gasteiger partial charge in [-0.3, -0.25) is 10.0 Å². The number of amides is 1. The van der Waals surface area contributed by atoms with Gasteiger partial charge < -0.3 is 5.11 Å². The van der Waals surface area contributed by atoms with Gasteiger partial charge in [0.1, 0.15) is 11.6 Å². The first-order valence-electron chi connectivity index (χ1n) is 7.88. The van der Waals surface area contributed by atoms with Crippen LogP contribution in [-0.2, 0) is 13.0 Å². The molecule has 11 heteroatoms. The number of aromatic nitrogens is 4. The Morgan fingerprint density at radius 3 is 2.29 bits per heavy atom. The van der Waals surface area contributed by atoms with Crippen molar-refractivity contribution in [2.45, 2.75) is 13.0 Å². The molecule has 0 fully saturated rings. The lowest BCUT2D eigenvalue weighted by Crippen LogP contribution is -2.20. The summed E-state index contributed by atoms with van der Waals surface area (Å²) in [5.41, 5.74) is 1.40. The first-order valence-corrected chi connectivity index (χ1v) is 7.88. The number of hydrogen-bond donors (Lipinski definition) is 3. The van der Waals surface area contributed by atoms with Crippen LogP contribution in [0.4, 0.5) is 8.78 Å². The predicted octanol–water partition coefficient (Wildman–Crippen LogP) is 1.41. The molecule has 9 nitrogen and oxygen atoms in total. The molecule has 3 rings (SSSR count). The molecule has 0 atom stereocenters. The van der Waals surface area contributed by atoms with Crippen LogP contribution in [0.3, 0.4) is 0 Å². The van der Waals surface area contributed by atoms with Crippen LogP contribution in [0.15, 0.2) is 36.4 Å². The van der Waals surface area contributed by atoms with Gasteiger partial charge >= 0.3 is 5.97 Å². The zero-order chi connectivity index (χ0) is 20.3. The van der Waals surface area contributed by atoms with Crippen LogP contribution in [0.1, 0.15) is 37.7 Å². The van der Waals surface area contributed by atoms with Gasteiger partial charge in [0.25, 0.3) is 5.91 Å². The number of carbonyl (C=O) groups excluding carboxylic acids is 1. The van der Waals surface area contributed by atoms with Gasteiger partial charge in [-0.15, -0.1) is 5.10 Å². The molecule has 3 N–H and O–H groups in total. The highest BCUT2D eigenvalue weighted by Crippen LogP contribution is 2.18. The van der Waals surface area contributed by atoms with E-state index in [2.05, 4.69) is 15.5 Å². The number of carboxylic acids is 1. The minimum Gasteiger partial charge on any atom is -0.478 e. The van der Waals surface area contributed by atoms with Crippen molar-refractivity contribution in [1.29, 1.82) is 0 Å². The molecule has 0 aliphatic heterocycles. The van der Waals surface area contributed by atoms with Gasteiger partial charge in [-0.1, -0.05) is 12.1 Å². The van der Waals surface area contributed by atoms with Crippen LogP contribution in [0.25, 0.3) is 0 Å². The van der Waals surface area contributed by atoms with Crippen molar-refractivity contribution < 1.29 is 28.7 Å². The number of nitrogens with one attached hydrogen (secondary N) is 1. The second kappa shape index (κ2) is 7.88. The van der Waals surface area contributed by atoms with Gasteiger partial charge in [0, 0.05) is 17.5 Å². The van der Waals surface area contributed by atoms with E-state index in [0.29, 0.717) is 11.4 Å². The van der Waals surface area contributed by atoms with Crippen molar-refractivity contribution in [1.82, 2.24) is 25.7 Å². The number of hydrogen-bond acceptors (Lipinski definition) is 6. The number of halogens is 2. The largest absolute Gasteiger partial charge is 0.478 e.